The van der Waals surface area contributed by atoms with Crippen LogP contribution in [0.15, 0.2) is 57.8 Å². The first kappa shape index (κ1) is 25.9. The quantitative estimate of drug-likeness (QED) is 0.400. The molecule has 0 unspecified atom stereocenters. The highest BCUT2D eigenvalue weighted by molar-refractivity contribution is 7.92. The number of pyridine rings is 1. The van der Waals surface area contributed by atoms with Crippen molar-refractivity contribution in [3.8, 4) is 5.82 Å². The van der Waals surface area contributed by atoms with E-state index >= 15 is 0 Å². The van der Waals surface area contributed by atoms with Gasteiger partial charge in [0, 0.05) is 72.0 Å². The molecule has 0 aliphatic carbocycles. The lowest BCUT2D eigenvalue weighted by Gasteiger charge is -2.34. The maximum atomic E-state index is 13.3. The first-order valence-corrected chi connectivity index (χ1v) is 14.9. The van der Waals surface area contributed by atoms with Crippen LogP contribution in [0.1, 0.15) is 19.9 Å². The third-order valence-electron chi connectivity index (χ3n) is 6.35. The normalized spacial score (nSPS) is 14.8. The fourth-order valence-corrected chi connectivity index (χ4v) is 5.05. The van der Waals surface area contributed by atoms with Gasteiger partial charge in [-0.25, -0.2) is 23.5 Å². The van der Waals surface area contributed by atoms with E-state index in [0.717, 1.165) is 31.9 Å². The lowest BCUT2D eigenvalue weighted by molar-refractivity contribution is 0.313. The van der Waals surface area contributed by atoms with Crippen molar-refractivity contribution in [1.29, 1.82) is 0 Å². The van der Waals surface area contributed by atoms with Crippen LogP contribution in [0.2, 0.25) is 0 Å². The minimum absolute atomic E-state index is 0.167. The summed E-state index contributed by atoms with van der Waals surface area (Å²) in [6.07, 6.45) is 4.65. The van der Waals surface area contributed by atoms with Crippen molar-refractivity contribution < 1.29 is 4.21 Å². The van der Waals surface area contributed by atoms with Crippen LogP contribution in [0.25, 0.3) is 16.9 Å². The van der Waals surface area contributed by atoms with Gasteiger partial charge < -0.3 is 15.1 Å². The second-order valence-corrected chi connectivity index (χ2v) is 12.6. The Balaban J connectivity index is 1.51. The Morgan fingerprint density at radius 3 is 2.37 bits per heavy atom. The van der Waals surface area contributed by atoms with Crippen LogP contribution in [0.5, 0.6) is 0 Å². The van der Waals surface area contributed by atoms with E-state index in [-0.39, 0.29) is 11.6 Å². The summed E-state index contributed by atoms with van der Waals surface area (Å²) in [6, 6.07) is 13.3. The second kappa shape index (κ2) is 10.2. The molecule has 1 aromatic carbocycles. The van der Waals surface area contributed by atoms with E-state index in [1.54, 1.807) is 46.3 Å². The molecule has 0 spiro atoms. The van der Waals surface area contributed by atoms with Crippen molar-refractivity contribution in [3.63, 3.8) is 0 Å². The first-order valence-electron chi connectivity index (χ1n) is 12.5. The van der Waals surface area contributed by atoms with E-state index in [1.807, 2.05) is 26.0 Å². The molecule has 0 radical (unpaired) electrons. The predicted octanol–water partition coefficient (Wildman–Crippen LogP) is 3.41. The molecule has 5 rings (SSSR count). The van der Waals surface area contributed by atoms with Crippen molar-refractivity contribution in [1.82, 2.24) is 29.2 Å². The van der Waals surface area contributed by atoms with Crippen LogP contribution in [0.3, 0.4) is 0 Å². The third-order valence-corrected chi connectivity index (χ3v) is 6.98. The van der Waals surface area contributed by atoms with Gasteiger partial charge in [0.25, 0.3) is 5.56 Å². The maximum Gasteiger partial charge on any atom is 0.278 e. The van der Waals surface area contributed by atoms with E-state index in [9.17, 15) is 9.00 Å². The first-order chi connectivity index (χ1) is 18.1. The summed E-state index contributed by atoms with van der Waals surface area (Å²) in [7, 11) is -0.255. The van der Waals surface area contributed by atoms with Gasteiger partial charge in [0.1, 0.15) is 5.39 Å². The maximum absolute atomic E-state index is 13.3. The summed E-state index contributed by atoms with van der Waals surface area (Å²) in [5.41, 5.74) is 2.24. The topological polar surface area (TPSA) is 114 Å². The summed E-state index contributed by atoms with van der Waals surface area (Å²) in [6.45, 7) is 7.95. The summed E-state index contributed by atoms with van der Waals surface area (Å²) in [5, 5.41) is 3.64. The molecule has 200 valence electrons. The van der Waals surface area contributed by atoms with Crippen LogP contribution in [-0.2, 0) is 9.73 Å². The Morgan fingerprint density at radius 2 is 1.71 bits per heavy atom. The van der Waals surface area contributed by atoms with Crippen molar-refractivity contribution in [3.05, 3.63) is 59.0 Å². The number of hydrogen-bond donors (Lipinski definition) is 1. The molecule has 1 aliphatic heterocycles. The number of nitrogens with one attached hydrogen (secondary N) is 1. The number of fused-ring (bicyclic) bond motifs is 1. The van der Waals surface area contributed by atoms with Gasteiger partial charge in [0.15, 0.2) is 17.3 Å². The van der Waals surface area contributed by atoms with Crippen LogP contribution < -0.4 is 15.8 Å². The minimum atomic E-state index is -2.40. The molecule has 0 saturated carbocycles. The molecule has 0 amide bonds. The number of hydrogen-bond acceptors (Lipinski definition) is 9. The number of anilines is 3. The molecule has 0 atom stereocenters. The van der Waals surface area contributed by atoms with Gasteiger partial charge >= 0.3 is 0 Å². The summed E-state index contributed by atoms with van der Waals surface area (Å²) in [4.78, 5) is 31.7. The highest BCUT2D eigenvalue weighted by atomic mass is 32.2. The predicted molar refractivity (Wildman–Crippen MR) is 153 cm³/mol. The Morgan fingerprint density at radius 1 is 1.00 bits per heavy atom. The molecule has 4 aromatic rings. The monoisotopic (exact) mass is 535 g/mol. The lowest BCUT2D eigenvalue weighted by atomic mass is 10.2. The molecule has 1 aliphatic rings. The zero-order valence-electron chi connectivity index (χ0n) is 22.3. The zero-order valence-corrected chi connectivity index (χ0v) is 23.1. The molecule has 0 bridgehead atoms. The van der Waals surface area contributed by atoms with Crippen LogP contribution in [-0.4, -0.2) is 79.2 Å². The Hall–Kier alpha value is -3.77. The molecule has 11 nitrogen and oxygen atoms in total. The van der Waals surface area contributed by atoms with E-state index in [4.69, 9.17) is 4.98 Å². The minimum Gasteiger partial charge on any atom is -0.369 e. The van der Waals surface area contributed by atoms with Gasteiger partial charge in [-0.15, -0.1) is 0 Å². The van der Waals surface area contributed by atoms with Crippen LogP contribution in [0.4, 0.5) is 23.1 Å². The number of piperazine rings is 1. The Kier molecular flexibility index (Phi) is 6.93. The van der Waals surface area contributed by atoms with Crippen molar-refractivity contribution in [2.24, 2.45) is 4.36 Å². The Labute approximate surface area is 222 Å². The summed E-state index contributed by atoms with van der Waals surface area (Å²) >= 11 is 0. The van der Waals surface area contributed by atoms with Crippen LogP contribution in [0, 0.1) is 0 Å². The average molecular weight is 536 g/mol. The number of rotatable bonds is 6. The number of nitrogens with zero attached hydrogens (tertiary/aromatic N) is 8. The fourth-order valence-electron chi connectivity index (χ4n) is 4.50. The lowest BCUT2D eigenvalue weighted by Crippen LogP contribution is -2.44. The molecular formula is C26H33N9O2S. The largest absolute Gasteiger partial charge is 0.369 e. The molecule has 12 heteroatoms. The SMILES string of the molecule is CC(C)n1c(=O)c2cnc(Nc3ccc(N4CCN(C)CC4)cc3)nc2n1-c1cccc(N=S(C)(C)=O)n1. The second-order valence-electron chi connectivity index (χ2n) is 10.1. The van der Waals surface area contributed by atoms with E-state index in [1.165, 1.54) is 5.69 Å². The van der Waals surface area contributed by atoms with Crippen molar-refractivity contribution >= 4 is 43.9 Å². The number of aromatic nitrogens is 5. The number of benzene rings is 1. The highest BCUT2D eigenvalue weighted by Gasteiger charge is 2.20. The standard InChI is InChI=1S/C26H33N9O2S/c1-18(2)34-25(36)21-17-27-26(28-19-9-11-20(12-10-19)33-15-13-32(3)14-16-33)30-24(21)35(34)23-8-6-7-22(29-23)31-38(4,5)37/h6-12,17-18H,13-16H2,1-5H3,(H,27,28,30). The molecule has 1 N–H and O–H groups in total. The van der Waals surface area contributed by atoms with Crippen molar-refractivity contribution in [2.75, 3.05) is 56.0 Å². The molecule has 3 aromatic heterocycles. The van der Waals surface area contributed by atoms with Gasteiger partial charge in [0.05, 0.1) is 0 Å². The van der Waals surface area contributed by atoms with E-state index in [2.05, 4.69) is 48.6 Å². The fraction of sp³-hybridized carbons (Fsp3) is 0.385. The van der Waals surface area contributed by atoms with Gasteiger partial charge in [-0.2, -0.15) is 9.35 Å². The number of likely N-dealkylation sites (N-methyl/N-ethyl adjacent to an activating group) is 1. The average Bonchev–Trinajstić information content (AvgIpc) is 3.16. The smallest absolute Gasteiger partial charge is 0.278 e. The third kappa shape index (κ3) is 5.41. The summed E-state index contributed by atoms with van der Waals surface area (Å²) in [5.74, 6) is 1.15. The van der Waals surface area contributed by atoms with Gasteiger partial charge in [-0.1, -0.05) is 6.07 Å². The summed E-state index contributed by atoms with van der Waals surface area (Å²) < 4.78 is 19.7. The van der Waals surface area contributed by atoms with E-state index in [0.29, 0.717) is 28.6 Å². The zero-order chi connectivity index (χ0) is 27.0. The molecule has 4 heterocycles. The van der Waals surface area contributed by atoms with E-state index < -0.39 is 9.73 Å². The molecule has 1 saturated heterocycles. The Bertz CT molecular complexity index is 1630. The highest BCUT2D eigenvalue weighted by Crippen LogP contribution is 2.24. The van der Waals surface area contributed by atoms with Gasteiger partial charge in [0.2, 0.25) is 5.95 Å². The molecule has 38 heavy (non-hydrogen) atoms. The van der Waals surface area contributed by atoms with Gasteiger partial charge in [-0.05, 0) is 57.3 Å². The van der Waals surface area contributed by atoms with Gasteiger partial charge in [-0.3, -0.25) is 4.79 Å². The molecular weight excluding hydrogens is 502 g/mol. The van der Waals surface area contributed by atoms with Crippen molar-refractivity contribution in [2.45, 2.75) is 19.9 Å². The molecule has 1 fully saturated rings. The van der Waals surface area contributed by atoms with Crippen LogP contribution >= 0.6 is 0 Å².